The number of carbonyl (C=O) groups is 4. The maximum Gasteiger partial charge on any atom is 0.342 e. The molecule has 60 heavy (non-hydrogen) atoms. The van der Waals surface area contributed by atoms with Crippen molar-refractivity contribution >= 4 is 23.8 Å². The second-order valence-corrected chi connectivity index (χ2v) is 14.5. The van der Waals surface area contributed by atoms with Crippen molar-refractivity contribution in [1.29, 1.82) is 0 Å². The van der Waals surface area contributed by atoms with Crippen LogP contribution in [0, 0.1) is 6.92 Å². The Morgan fingerprint density at radius 1 is 0.817 bits per heavy atom. The van der Waals surface area contributed by atoms with E-state index < -0.39 is 43.2 Å². The van der Waals surface area contributed by atoms with Crippen LogP contribution in [0.2, 0.25) is 0 Å². The monoisotopic (exact) mass is 832 g/mol. The van der Waals surface area contributed by atoms with Crippen molar-refractivity contribution in [2.45, 2.75) is 129 Å². The summed E-state index contributed by atoms with van der Waals surface area (Å²) in [5, 5.41) is 35.3. The van der Waals surface area contributed by atoms with Gasteiger partial charge in [0.05, 0.1) is 20.3 Å². The first-order valence-corrected chi connectivity index (χ1v) is 21.2. The molecule has 0 aromatic heterocycles. The molecule has 0 bridgehead atoms. The lowest BCUT2D eigenvalue weighted by atomic mass is 9.94. The Hall–Kier alpha value is -5.20. The maximum absolute atomic E-state index is 13.0. The Morgan fingerprint density at radius 2 is 1.40 bits per heavy atom. The predicted octanol–water partition coefficient (Wildman–Crippen LogP) is 7.79. The Labute approximate surface area is 356 Å². The lowest BCUT2D eigenvalue weighted by molar-refractivity contribution is -0.157. The number of methoxy groups -OCH3 is 1. The third-order valence-corrected chi connectivity index (χ3v) is 9.73. The van der Waals surface area contributed by atoms with E-state index in [0.29, 0.717) is 55.5 Å². The number of carbonyl (C=O) groups excluding carboxylic acids is 4. The van der Waals surface area contributed by atoms with Crippen molar-refractivity contribution in [2.24, 2.45) is 0 Å². The minimum absolute atomic E-state index is 0.0566. The number of esters is 2. The van der Waals surface area contributed by atoms with E-state index in [-0.39, 0.29) is 43.1 Å². The van der Waals surface area contributed by atoms with Crippen molar-refractivity contribution < 1.29 is 48.7 Å². The number of allylic oxidation sites excluding steroid dienone is 14. The summed E-state index contributed by atoms with van der Waals surface area (Å²) in [5.41, 5.74) is 2.76. The highest BCUT2D eigenvalue weighted by Crippen LogP contribution is 2.42. The standard InChI is InChI=1S/C48H68N2O10/c1-5-6-7-8-9-10-11-12-13-14-15-16-17-18-19-20-21-22-23-27-42(53)49-32-25-24-26-41(47(56)60-38(33-51)34-52)50-43(54)31-29-36(2)28-30-39-45(55)44-40(35-59-48(44)57)37(3)46(39)58-4/h6-7,9-10,12-13,15-16,18-19,21-22,28,38,41,51-52,55H,5,8,11,14,17,20,23-27,29-35H2,1-4H3,(H,49,53)(H,50,54)/b7-6-,10-9-,13-12-,16-15-,19-18-,22-21-,36-28+. The van der Waals surface area contributed by atoms with Crippen molar-refractivity contribution in [3.05, 3.63) is 107 Å². The molecule has 12 nitrogen and oxygen atoms in total. The van der Waals surface area contributed by atoms with Crippen molar-refractivity contribution in [1.82, 2.24) is 10.6 Å². The Kier molecular flexibility index (Phi) is 26.1. The molecule has 0 saturated heterocycles. The molecule has 1 aromatic rings. The smallest absolute Gasteiger partial charge is 0.342 e. The van der Waals surface area contributed by atoms with E-state index in [2.05, 4.69) is 78.3 Å². The first-order chi connectivity index (χ1) is 29.1. The SMILES string of the molecule is CC/C=C\C/C=C\C/C=C\C/C=C\C/C=C\C/C=C\CCC(=O)NCCCCC(NC(=O)CC/C(C)=C/Cc1c(O)c2c(c(C)c1OC)COC2=O)C(=O)OC(CO)CO. The molecule has 5 N–H and O–H groups in total. The van der Waals surface area contributed by atoms with E-state index in [9.17, 15) is 34.5 Å². The number of cyclic esters (lactones) is 1. The molecule has 1 aliphatic rings. The van der Waals surface area contributed by atoms with E-state index in [1.165, 1.54) is 7.11 Å². The van der Waals surface area contributed by atoms with Gasteiger partial charge in [-0.05, 0) is 96.5 Å². The number of aliphatic hydroxyl groups excluding tert-OH is 2. The van der Waals surface area contributed by atoms with Crippen molar-refractivity contribution in [3.8, 4) is 11.5 Å². The van der Waals surface area contributed by atoms with Crippen molar-refractivity contribution in [2.75, 3.05) is 26.9 Å². The van der Waals surface area contributed by atoms with Crippen LogP contribution in [0.25, 0.3) is 0 Å². The van der Waals surface area contributed by atoms with Crippen LogP contribution in [-0.2, 0) is 36.9 Å². The topological polar surface area (TPSA) is 181 Å². The van der Waals surface area contributed by atoms with Gasteiger partial charge in [-0.2, -0.15) is 0 Å². The second-order valence-electron chi connectivity index (χ2n) is 14.5. The van der Waals surface area contributed by atoms with Gasteiger partial charge in [-0.25, -0.2) is 9.59 Å². The minimum atomic E-state index is -1.11. The quantitative estimate of drug-likeness (QED) is 0.0292. The zero-order chi connectivity index (χ0) is 44.0. The molecule has 1 aliphatic heterocycles. The Balaban J connectivity index is 1.72. The molecular formula is C48H68N2O10. The number of phenolic OH excluding ortho intramolecular Hbond substituents is 1. The van der Waals surface area contributed by atoms with E-state index in [4.69, 9.17) is 14.2 Å². The fraction of sp³-hybridized carbons (Fsp3) is 0.500. The van der Waals surface area contributed by atoms with Gasteiger partial charge in [0.25, 0.3) is 0 Å². The number of unbranched alkanes of at least 4 members (excludes halogenated alkanes) is 1. The van der Waals surface area contributed by atoms with Gasteiger partial charge in [-0.3, -0.25) is 9.59 Å². The van der Waals surface area contributed by atoms with E-state index in [0.717, 1.165) is 49.7 Å². The molecule has 0 fully saturated rings. The zero-order valence-corrected chi connectivity index (χ0v) is 36.1. The molecule has 1 heterocycles. The number of benzene rings is 1. The van der Waals surface area contributed by atoms with Crippen LogP contribution in [0.15, 0.2) is 84.6 Å². The van der Waals surface area contributed by atoms with Crippen LogP contribution in [0.1, 0.15) is 124 Å². The molecule has 2 amide bonds. The van der Waals surface area contributed by atoms with E-state index in [1.807, 2.05) is 25.2 Å². The van der Waals surface area contributed by atoms with Gasteiger partial charge in [0.1, 0.15) is 35.8 Å². The largest absolute Gasteiger partial charge is 0.507 e. The number of aromatic hydroxyl groups is 1. The molecule has 2 rings (SSSR count). The molecule has 1 aromatic carbocycles. The Morgan fingerprint density at radius 3 is 1.97 bits per heavy atom. The third-order valence-electron chi connectivity index (χ3n) is 9.73. The average Bonchev–Trinajstić information content (AvgIpc) is 3.64. The van der Waals surface area contributed by atoms with Gasteiger partial charge >= 0.3 is 11.9 Å². The minimum Gasteiger partial charge on any atom is -0.507 e. The zero-order valence-electron chi connectivity index (χ0n) is 36.1. The summed E-state index contributed by atoms with van der Waals surface area (Å²) in [5.74, 6) is -1.52. The summed E-state index contributed by atoms with van der Waals surface area (Å²) in [4.78, 5) is 50.5. The normalized spacial score (nSPS) is 13.8. The van der Waals surface area contributed by atoms with Gasteiger partial charge in [-0.1, -0.05) is 91.5 Å². The highest BCUT2D eigenvalue weighted by Gasteiger charge is 2.32. The predicted molar refractivity (Wildman–Crippen MR) is 236 cm³/mol. The molecule has 0 spiro atoms. The first kappa shape index (κ1) is 50.9. The number of phenols is 1. The Bertz CT molecular complexity index is 1720. The second kappa shape index (κ2) is 30.8. The fourth-order valence-corrected chi connectivity index (χ4v) is 6.25. The van der Waals surface area contributed by atoms with Crippen LogP contribution in [0.3, 0.4) is 0 Å². The average molecular weight is 833 g/mol. The van der Waals surface area contributed by atoms with Gasteiger partial charge in [0, 0.05) is 30.5 Å². The van der Waals surface area contributed by atoms with E-state index in [1.54, 1.807) is 6.92 Å². The first-order valence-electron chi connectivity index (χ1n) is 21.2. The summed E-state index contributed by atoms with van der Waals surface area (Å²) in [6.45, 7) is 5.13. The number of ether oxygens (including phenoxy) is 3. The number of nitrogens with one attached hydrogen (secondary N) is 2. The molecule has 0 aliphatic carbocycles. The van der Waals surface area contributed by atoms with E-state index >= 15 is 0 Å². The summed E-state index contributed by atoms with van der Waals surface area (Å²) in [6.07, 6.45) is 35.0. The van der Waals surface area contributed by atoms with Crippen LogP contribution < -0.4 is 15.4 Å². The number of rotatable bonds is 30. The highest BCUT2D eigenvalue weighted by atomic mass is 16.6. The number of fused-ring (bicyclic) bond motifs is 1. The molecule has 1 atom stereocenters. The van der Waals surface area contributed by atoms with Crippen LogP contribution >= 0.6 is 0 Å². The van der Waals surface area contributed by atoms with Gasteiger partial charge in [0.15, 0.2) is 0 Å². The lowest BCUT2D eigenvalue weighted by Gasteiger charge is -2.21. The fourth-order valence-electron chi connectivity index (χ4n) is 6.25. The molecule has 1 unspecified atom stereocenters. The molecular weight excluding hydrogens is 765 g/mol. The summed E-state index contributed by atoms with van der Waals surface area (Å²) in [6, 6.07) is -1.01. The maximum atomic E-state index is 13.0. The van der Waals surface area contributed by atoms with Gasteiger partial charge in [0.2, 0.25) is 11.8 Å². The molecule has 330 valence electrons. The highest BCUT2D eigenvalue weighted by molar-refractivity contribution is 5.98. The lowest BCUT2D eigenvalue weighted by Crippen LogP contribution is -2.44. The number of hydrogen-bond donors (Lipinski definition) is 5. The summed E-state index contributed by atoms with van der Waals surface area (Å²) in [7, 11) is 1.49. The third kappa shape index (κ3) is 19.7. The molecule has 0 radical (unpaired) electrons. The van der Waals surface area contributed by atoms with Crippen molar-refractivity contribution in [3.63, 3.8) is 0 Å². The molecule has 0 saturated carbocycles. The van der Waals surface area contributed by atoms with Crippen LogP contribution in [0.5, 0.6) is 11.5 Å². The summed E-state index contributed by atoms with van der Waals surface area (Å²) >= 11 is 0. The number of hydrogen-bond acceptors (Lipinski definition) is 10. The van der Waals surface area contributed by atoms with Gasteiger partial charge in [-0.15, -0.1) is 0 Å². The molecule has 12 heteroatoms. The number of aliphatic hydroxyl groups is 2. The number of amides is 2. The summed E-state index contributed by atoms with van der Waals surface area (Å²) < 4.78 is 15.9. The van der Waals surface area contributed by atoms with Crippen LogP contribution in [-0.4, -0.2) is 78.1 Å². The van der Waals surface area contributed by atoms with Gasteiger partial charge < -0.3 is 40.2 Å². The van der Waals surface area contributed by atoms with Crippen LogP contribution in [0.4, 0.5) is 0 Å².